The van der Waals surface area contributed by atoms with E-state index in [2.05, 4.69) is 21.2 Å². The molecule has 0 saturated carbocycles. The van der Waals surface area contributed by atoms with Gasteiger partial charge in [0.2, 0.25) is 0 Å². The number of nitrogens with one attached hydrogen (secondary N) is 1. The fourth-order valence-electron chi connectivity index (χ4n) is 1.82. The first-order chi connectivity index (χ1) is 9.49. The van der Waals surface area contributed by atoms with Gasteiger partial charge in [0, 0.05) is 23.3 Å². The lowest BCUT2D eigenvalue weighted by molar-refractivity contribution is -0.385. The Labute approximate surface area is 130 Å². The van der Waals surface area contributed by atoms with Crippen LogP contribution in [0, 0.1) is 17.0 Å². The van der Waals surface area contributed by atoms with Gasteiger partial charge in [0.25, 0.3) is 5.69 Å². The molecule has 0 unspecified atom stereocenters. The molecule has 0 saturated heterocycles. The predicted octanol–water partition coefficient (Wildman–Crippen LogP) is 4.93. The molecule has 0 radical (unpaired) electrons. The number of hydrogen-bond donors (Lipinski definition) is 1. The van der Waals surface area contributed by atoms with Crippen LogP contribution in [-0.4, -0.2) is 4.92 Å². The number of rotatable bonds is 4. The number of nitrogens with zero attached hydrogens (tertiary/aromatic N) is 1. The summed E-state index contributed by atoms with van der Waals surface area (Å²) in [5.74, 6) is 0. The summed E-state index contributed by atoms with van der Waals surface area (Å²) in [5.41, 5.74) is 2.86. The molecule has 1 N–H and O–H groups in total. The lowest BCUT2D eigenvalue weighted by atomic mass is 10.1. The van der Waals surface area contributed by atoms with E-state index < -0.39 is 4.92 Å². The van der Waals surface area contributed by atoms with Crippen LogP contribution in [0.1, 0.15) is 11.1 Å². The van der Waals surface area contributed by atoms with Crippen molar-refractivity contribution in [2.75, 3.05) is 5.32 Å². The first-order valence-corrected chi connectivity index (χ1v) is 7.08. The third-order valence-electron chi connectivity index (χ3n) is 2.92. The lowest BCUT2D eigenvalue weighted by Crippen LogP contribution is -2.03. The van der Waals surface area contributed by atoms with Crippen LogP contribution >= 0.6 is 27.5 Å². The number of nitro groups is 1. The summed E-state index contributed by atoms with van der Waals surface area (Å²) in [7, 11) is 0. The van der Waals surface area contributed by atoms with E-state index in [1.807, 2.05) is 31.2 Å². The molecule has 0 fully saturated rings. The SMILES string of the molecule is Cc1ccc(Cl)cc1NCc1cccc([N+](=O)[O-])c1Br. The Kier molecular flexibility index (Phi) is 4.62. The van der Waals surface area contributed by atoms with E-state index >= 15 is 0 Å². The van der Waals surface area contributed by atoms with Gasteiger partial charge in [0.1, 0.15) is 4.47 Å². The summed E-state index contributed by atoms with van der Waals surface area (Å²) in [6, 6.07) is 10.6. The zero-order valence-corrected chi connectivity index (χ0v) is 13.0. The average Bonchev–Trinajstić information content (AvgIpc) is 2.41. The van der Waals surface area contributed by atoms with Gasteiger partial charge in [-0.15, -0.1) is 0 Å². The summed E-state index contributed by atoms with van der Waals surface area (Å²) in [4.78, 5) is 10.5. The summed E-state index contributed by atoms with van der Waals surface area (Å²) in [6.07, 6.45) is 0. The van der Waals surface area contributed by atoms with Crippen molar-refractivity contribution in [1.82, 2.24) is 0 Å². The Morgan fingerprint density at radius 1 is 1.35 bits per heavy atom. The molecule has 2 aromatic rings. The van der Waals surface area contributed by atoms with Crippen molar-refractivity contribution < 1.29 is 4.92 Å². The molecule has 0 aromatic heterocycles. The smallest absolute Gasteiger partial charge is 0.283 e. The van der Waals surface area contributed by atoms with Crippen molar-refractivity contribution in [3.05, 3.63) is 67.1 Å². The van der Waals surface area contributed by atoms with Crippen molar-refractivity contribution in [3.8, 4) is 0 Å². The number of halogens is 2. The maximum absolute atomic E-state index is 10.9. The Morgan fingerprint density at radius 2 is 2.10 bits per heavy atom. The highest BCUT2D eigenvalue weighted by atomic mass is 79.9. The first-order valence-electron chi connectivity index (χ1n) is 5.91. The molecule has 6 heteroatoms. The van der Waals surface area contributed by atoms with Crippen LogP contribution < -0.4 is 5.32 Å². The van der Waals surface area contributed by atoms with Crippen molar-refractivity contribution >= 4 is 38.9 Å². The molecule has 104 valence electrons. The minimum atomic E-state index is -0.405. The minimum absolute atomic E-state index is 0.0621. The summed E-state index contributed by atoms with van der Waals surface area (Å²) in [6.45, 7) is 2.45. The van der Waals surface area contributed by atoms with E-state index in [-0.39, 0.29) is 5.69 Å². The second-order valence-electron chi connectivity index (χ2n) is 4.32. The molecule has 0 atom stereocenters. The normalized spacial score (nSPS) is 10.3. The maximum atomic E-state index is 10.9. The monoisotopic (exact) mass is 354 g/mol. The van der Waals surface area contributed by atoms with Gasteiger partial charge in [0.05, 0.1) is 4.92 Å². The standard InChI is InChI=1S/C14H12BrClN2O2/c1-9-5-6-11(16)7-12(9)17-8-10-3-2-4-13(14(10)15)18(19)20/h2-7,17H,8H2,1H3. The van der Waals surface area contributed by atoms with Crippen molar-refractivity contribution in [1.29, 1.82) is 0 Å². The second-order valence-corrected chi connectivity index (χ2v) is 5.55. The third kappa shape index (κ3) is 3.29. The number of anilines is 1. The minimum Gasteiger partial charge on any atom is -0.381 e. The van der Waals surface area contributed by atoms with Gasteiger partial charge in [-0.2, -0.15) is 0 Å². The highest BCUT2D eigenvalue weighted by Crippen LogP contribution is 2.29. The van der Waals surface area contributed by atoms with Crippen LogP contribution in [0.3, 0.4) is 0 Å². The molecule has 0 amide bonds. The van der Waals surface area contributed by atoms with Gasteiger partial charge >= 0.3 is 0 Å². The van der Waals surface area contributed by atoms with E-state index in [0.717, 1.165) is 16.8 Å². The maximum Gasteiger partial charge on any atom is 0.283 e. The first kappa shape index (κ1) is 14.8. The molecule has 20 heavy (non-hydrogen) atoms. The summed E-state index contributed by atoms with van der Waals surface area (Å²) < 4.78 is 0.497. The number of aryl methyl sites for hydroxylation is 1. The highest BCUT2D eigenvalue weighted by Gasteiger charge is 2.14. The molecule has 0 aliphatic rings. The van der Waals surface area contributed by atoms with Crippen molar-refractivity contribution in [2.45, 2.75) is 13.5 Å². The average molecular weight is 356 g/mol. The largest absolute Gasteiger partial charge is 0.381 e. The van der Waals surface area contributed by atoms with Crippen molar-refractivity contribution in [3.63, 3.8) is 0 Å². The van der Waals surface area contributed by atoms with E-state index in [0.29, 0.717) is 16.0 Å². The van der Waals surface area contributed by atoms with Crippen LogP contribution in [0.25, 0.3) is 0 Å². The van der Waals surface area contributed by atoms with Gasteiger partial charge in [-0.05, 0) is 46.1 Å². The molecular weight excluding hydrogens is 344 g/mol. The summed E-state index contributed by atoms with van der Waals surface area (Å²) >= 11 is 9.24. The molecule has 0 aliphatic carbocycles. The Morgan fingerprint density at radius 3 is 2.80 bits per heavy atom. The topological polar surface area (TPSA) is 55.2 Å². The Balaban J connectivity index is 2.21. The van der Waals surface area contributed by atoms with E-state index in [1.165, 1.54) is 6.07 Å². The quantitative estimate of drug-likeness (QED) is 0.625. The van der Waals surface area contributed by atoms with Gasteiger partial charge < -0.3 is 5.32 Å². The van der Waals surface area contributed by atoms with Gasteiger partial charge in [-0.3, -0.25) is 10.1 Å². The molecule has 4 nitrogen and oxygen atoms in total. The molecule has 2 rings (SSSR count). The zero-order valence-electron chi connectivity index (χ0n) is 10.7. The molecular formula is C14H12BrClN2O2. The van der Waals surface area contributed by atoms with Crippen LogP contribution in [-0.2, 0) is 6.54 Å². The Hall–Kier alpha value is -1.59. The molecule has 0 aliphatic heterocycles. The second kappa shape index (κ2) is 6.24. The van der Waals surface area contributed by atoms with E-state index in [4.69, 9.17) is 11.6 Å². The zero-order chi connectivity index (χ0) is 14.7. The number of benzene rings is 2. The molecule has 2 aromatic carbocycles. The third-order valence-corrected chi connectivity index (χ3v) is 4.07. The van der Waals surface area contributed by atoms with E-state index in [9.17, 15) is 10.1 Å². The van der Waals surface area contributed by atoms with Gasteiger partial charge in [-0.1, -0.05) is 29.8 Å². The van der Waals surface area contributed by atoms with Crippen molar-refractivity contribution in [2.24, 2.45) is 0 Å². The number of hydrogen-bond acceptors (Lipinski definition) is 3. The highest BCUT2D eigenvalue weighted by molar-refractivity contribution is 9.10. The fraction of sp³-hybridized carbons (Fsp3) is 0.143. The van der Waals surface area contributed by atoms with E-state index in [1.54, 1.807) is 6.07 Å². The lowest BCUT2D eigenvalue weighted by Gasteiger charge is -2.11. The van der Waals surface area contributed by atoms with Crippen LogP contribution in [0.4, 0.5) is 11.4 Å². The predicted molar refractivity (Wildman–Crippen MR) is 84.3 cm³/mol. The summed E-state index contributed by atoms with van der Waals surface area (Å²) in [5, 5.41) is 14.8. The van der Waals surface area contributed by atoms with Gasteiger partial charge in [0.15, 0.2) is 0 Å². The molecule has 0 spiro atoms. The fourth-order valence-corrected chi connectivity index (χ4v) is 2.54. The molecule has 0 bridgehead atoms. The van der Waals surface area contributed by atoms with Gasteiger partial charge in [-0.25, -0.2) is 0 Å². The molecule has 0 heterocycles. The number of nitro benzene ring substituents is 1. The van der Waals surface area contributed by atoms with Crippen LogP contribution in [0.5, 0.6) is 0 Å². The Bertz CT molecular complexity index is 662. The van der Waals surface area contributed by atoms with Crippen LogP contribution in [0.15, 0.2) is 40.9 Å². The van der Waals surface area contributed by atoms with Crippen LogP contribution in [0.2, 0.25) is 5.02 Å².